The van der Waals surface area contributed by atoms with Crippen LogP contribution in [0.25, 0.3) is 60.6 Å². The number of nitrogens with zero attached hydrogens (tertiary/aromatic N) is 2. The molecular formula is C42H28N2O. The summed E-state index contributed by atoms with van der Waals surface area (Å²) in [6.45, 7) is 0. The monoisotopic (exact) mass is 576 g/mol. The average molecular weight is 577 g/mol. The van der Waals surface area contributed by atoms with Crippen molar-refractivity contribution in [3.63, 3.8) is 0 Å². The van der Waals surface area contributed by atoms with E-state index in [1.807, 2.05) is 12.1 Å². The second kappa shape index (κ2) is 10.3. The molecule has 0 saturated heterocycles. The molecule has 0 spiro atoms. The number of para-hydroxylation sites is 4. The van der Waals surface area contributed by atoms with Crippen molar-refractivity contribution in [2.45, 2.75) is 0 Å². The van der Waals surface area contributed by atoms with Crippen LogP contribution in [-0.4, -0.2) is 4.57 Å². The summed E-state index contributed by atoms with van der Waals surface area (Å²) in [6, 6.07) is 60.2. The topological polar surface area (TPSA) is 21.3 Å². The highest BCUT2D eigenvalue weighted by Crippen LogP contribution is 2.39. The van der Waals surface area contributed by atoms with Gasteiger partial charge in [0.05, 0.1) is 11.0 Å². The largest absolute Gasteiger partial charge is 0.456 e. The zero-order chi connectivity index (χ0) is 29.7. The van der Waals surface area contributed by atoms with Gasteiger partial charge in [0.1, 0.15) is 11.2 Å². The molecule has 0 aliphatic heterocycles. The molecule has 0 N–H and O–H groups in total. The molecule has 45 heavy (non-hydrogen) atoms. The lowest BCUT2D eigenvalue weighted by molar-refractivity contribution is 0.669. The molecule has 0 aliphatic rings. The van der Waals surface area contributed by atoms with Crippen LogP contribution in [0.3, 0.4) is 0 Å². The highest BCUT2D eigenvalue weighted by Gasteiger charge is 2.16. The van der Waals surface area contributed by atoms with E-state index in [9.17, 15) is 0 Å². The standard InChI is InChI=1S/C42H28N2O/c1-2-11-31(12-3-1)43(32-24-21-29(22-25-32)30-23-26-38-37-17-6-9-20-41(37)45-42(38)27-30)33-13-10-14-34(28-33)44-39-18-7-4-15-35(39)36-16-5-8-19-40(36)44/h1-28H. The molecule has 0 atom stereocenters. The average Bonchev–Trinajstić information content (AvgIpc) is 3.65. The number of anilines is 3. The van der Waals surface area contributed by atoms with Gasteiger partial charge in [-0.2, -0.15) is 0 Å². The second-order valence-corrected chi connectivity index (χ2v) is 11.4. The first-order chi connectivity index (χ1) is 22.3. The van der Waals surface area contributed by atoms with Crippen LogP contribution in [0.2, 0.25) is 0 Å². The normalized spacial score (nSPS) is 11.6. The van der Waals surface area contributed by atoms with Gasteiger partial charge in [0.2, 0.25) is 0 Å². The highest BCUT2D eigenvalue weighted by atomic mass is 16.3. The Morgan fingerprint density at radius 2 is 0.956 bits per heavy atom. The van der Waals surface area contributed by atoms with Crippen molar-refractivity contribution in [1.29, 1.82) is 0 Å². The number of furan rings is 1. The van der Waals surface area contributed by atoms with Gasteiger partial charge in [-0.3, -0.25) is 0 Å². The summed E-state index contributed by atoms with van der Waals surface area (Å²) in [5.41, 5.74) is 10.9. The van der Waals surface area contributed by atoms with Crippen molar-refractivity contribution in [2.24, 2.45) is 0 Å². The molecule has 0 radical (unpaired) electrons. The van der Waals surface area contributed by atoms with Crippen molar-refractivity contribution in [2.75, 3.05) is 4.90 Å². The first-order valence-corrected chi connectivity index (χ1v) is 15.3. The molecule has 3 nitrogen and oxygen atoms in total. The van der Waals surface area contributed by atoms with E-state index in [1.54, 1.807) is 0 Å². The molecule has 2 heterocycles. The Hall–Kier alpha value is -6.06. The second-order valence-electron chi connectivity index (χ2n) is 11.4. The van der Waals surface area contributed by atoms with Gasteiger partial charge in [0, 0.05) is 44.3 Å². The van der Waals surface area contributed by atoms with Crippen LogP contribution < -0.4 is 4.90 Å². The smallest absolute Gasteiger partial charge is 0.136 e. The molecule has 0 amide bonds. The van der Waals surface area contributed by atoms with Gasteiger partial charge >= 0.3 is 0 Å². The third-order valence-corrected chi connectivity index (χ3v) is 8.78. The van der Waals surface area contributed by atoms with E-state index in [1.165, 1.54) is 21.8 Å². The Kier molecular flexibility index (Phi) is 5.82. The summed E-state index contributed by atoms with van der Waals surface area (Å²) >= 11 is 0. The maximum atomic E-state index is 6.18. The summed E-state index contributed by atoms with van der Waals surface area (Å²) in [4.78, 5) is 2.32. The molecule has 0 aliphatic carbocycles. The summed E-state index contributed by atoms with van der Waals surface area (Å²) in [6.07, 6.45) is 0. The van der Waals surface area contributed by atoms with E-state index in [2.05, 4.69) is 167 Å². The number of rotatable bonds is 5. The molecule has 9 aromatic rings. The van der Waals surface area contributed by atoms with Crippen LogP contribution in [0, 0.1) is 0 Å². The minimum atomic E-state index is 0.908. The van der Waals surface area contributed by atoms with Crippen molar-refractivity contribution < 1.29 is 4.42 Å². The van der Waals surface area contributed by atoms with Gasteiger partial charge < -0.3 is 13.9 Å². The Morgan fingerprint density at radius 1 is 0.378 bits per heavy atom. The predicted octanol–water partition coefficient (Wildman–Crippen LogP) is 11.8. The van der Waals surface area contributed by atoms with Crippen LogP contribution in [0.5, 0.6) is 0 Å². The minimum Gasteiger partial charge on any atom is -0.456 e. The Labute approximate surface area is 260 Å². The molecule has 9 rings (SSSR count). The molecule has 0 bridgehead atoms. The number of hydrogen-bond acceptors (Lipinski definition) is 2. The number of fused-ring (bicyclic) bond motifs is 6. The quantitative estimate of drug-likeness (QED) is 0.203. The summed E-state index contributed by atoms with van der Waals surface area (Å²) in [5.74, 6) is 0. The molecule has 3 heteroatoms. The predicted molar refractivity (Wildman–Crippen MR) is 188 cm³/mol. The Bertz CT molecular complexity index is 2430. The number of benzene rings is 7. The van der Waals surface area contributed by atoms with Gasteiger partial charge in [0.25, 0.3) is 0 Å². The fourth-order valence-corrected chi connectivity index (χ4v) is 6.70. The summed E-state index contributed by atoms with van der Waals surface area (Å²) in [7, 11) is 0. The molecule has 0 saturated carbocycles. The fraction of sp³-hybridized carbons (Fsp3) is 0. The zero-order valence-corrected chi connectivity index (χ0v) is 24.5. The minimum absolute atomic E-state index is 0.908. The highest BCUT2D eigenvalue weighted by molar-refractivity contribution is 6.09. The molecular weight excluding hydrogens is 548 g/mol. The van der Waals surface area contributed by atoms with Crippen molar-refractivity contribution in [3.05, 3.63) is 170 Å². The van der Waals surface area contributed by atoms with E-state index in [-0.39, 0.29) is 0 Å². The van der Waals surface area contributed by atoms with Crippen molar-refractivity contribution in [3.8, 4) is 16.8 Å². The zero-order valence-electron chi connectivity index (χ0n) is 24.5. The van der Waals surface area contributed by atoms with Gasteiger partial charge in [-0.1, -0.05) is 97.1 Å². The first kappa shape index (κ1) is 25.4. The SMILES string of the molecule is c1ccc(N(c2ccc(-c3ccc4c(c3)oc3ccccc34)cc2)c2cccc(-n3c4ccccc4c4ccccc43)c2)cc1. The van der Waals surface area contributed by atoms with Crippen molar-refractivity contribution >= 4 is 60.8 Å². The lowest BCUT2D eigenvalue weighted by Crippen LogP contribution is -2.10. The first-order valence-electron chi connectivity index (χ1n) is 15.3. The van der Waals surface area contributed by atoms with Crippen LogP contribution in [-0.2, 0) is 0 Å². The molecule has 0 unspecified atom stereocenters. The van der Waals surface area contributed by atoms with E-state index in [4.69, 9.17) is 4.42 Å². The Morgan fingerprint density at radius 3 is 1.71 bits per heavy atom. The van der Waals surface area contributed by atoms with Gasteiger partial charge in [-0.25, -0.2) is 0 Å². The number of hydrogen-bond donors (Lipinski definition) is 0. The van der Waals surface area contributed by atoms with Gasteiger partial charge in [-0.15, -0.1) is 0 Å². The summed E-state index contributed by atoms with van der Waals surface area (Å²) < 4.78 is 8.55. The summed E-state index contributed by atoms with van der Waals surface area (Å²) in [5, 5.41) is 4.81. The molecule has 212 valence electrons. The van der Waals surface area contributed by atoms with Gasteiger partial charge in [-0.05, 0) is 83.9 Å². The molecule has 7 aromatic carbocycles. The van der Waals surface area contributed by atoms with E-state index in [0.717, 1.165) is 55.8 Å². The van der Waals surface area contributed by atoms with Crippen LogP contribution in [0.1, 0.15) is 0 Å². The van der Waals surface area contributed by atoms with E-state index >= 15 is 0 Å². The fourth-order valence-electron chi connectivity index (χ4n) is 6.70. The maximum Gasteiger partial charge on any atom is 0.136 e. The third-order valence-electron chi connectivity index (χ3n) is 8.78. The third kappa shape index (κ3) is 4.21. The van der Waals surface area contributed by atoms with Crippen LogP contribution >= 0.6 is 0 Å². The van der Waals surface area contributed by atoms with Gasteiger partial charge in [0.15, 0.2) is 0 Å². The lowest BCUT2D eigenvalue weighted by atomic mass is 10.0. The van der Waals surface area contributed by atoms with Crippen molar-refractivity contribution in [1.82, 2.24) is 4.57 Å². The lowest BCUT2D eigenvalue weighted by Gasteiger charge is -2.26. The molecule has 0 fully saturated rings. The molecule has 2 aromatic heterocycles. The van der Waals surface area contributed by atoms with E-state index in [0.29, 0.717) is 0 Å². The van der Waals surface area contributed by atoms with Crippen LogP contribution in [0.4, 0.5) is 17.1 Å². The van der Waals surface area contributed by atoms with Crippen LogP contribution in [0.15, 0.2) is 174 Å². The Balaban J connectivity index is 1.14. The maximum absolute atomic E-state index is 6.18. The number of aromatic nitrogens is 1. The van der Waals surface area contributed by atoms with E-state index < -0.39 is 0 Å².